The van der Waals surface area contributed by atoms with Crippen molar-refractivity contribution in [2.24, 2.45) is 5.73 Å². The quantitative estimate of drug-likeness (QED) is 0.197. The second-order valence-electron chi connectivity index (χ2n) is 9.69. The van der Waals surface area contributed by atoms with Crippen LogP contribution < -0.4 is 16.4 Å². The van der Waals surface area contributed by atoms with E-state index in [9.17, 15) is 24.3 Å². The minimum atomic E-state index is -1.22. The molecule has 11 heteroatoms. The molecule has 1 aliphatic rings. The van der Waals surface area contributed by atoms with Crippen LogP contribution >= 0.6 is 12.6 Å². The molecule has 2 heterocycles. The van der Waals surface area contributed by atoms with Crippen LogP contribution in [0.4, 0.5) is 0 Å². The summed E-state index contributed by atoms with van der Waals surface area (Å²) in [5, 5.41) is 15.5. The third-order valence-electron chi connectivity index (χ3n) is 6.98. The number of benzene rings is 2. The van der Waals surface area contributed by atoms with Crippen molar-refractivity contribution in [3.8, 4) is 0 Å². The van der Waals surface area contributed by atoms with Gasteiger partial charge in [-0.2, -0.15) is 12.6 Å². The number of aromatic nitrogens is 1. The molecule has 1 aliphatic heterocycles. The Hall–Kier alpha value is -3.83. The van der Waals surface area contributed by atoms with Gasteiger partial charge in [0.25, 0.3) is 0 Å². The van der Waals surface area contributed by atoms with Gasteiger partial charge in [0.2, 0.25) is 17.7 Å². The van der Waals surface area contributed by atoms with Gasteiger partial charge in [0.05, 0.1) is 6.04 Å². The molecule has 39 heavy (non-hydrogen) atoms. The number of hydrogen-bond acceptors (Lipinski definition) is 6. The number of thiol groups is 1. The van der Waals surface area contributed by atoms with Gasteiger partial charge in [-0.15, -0.1) is 0 Å². The molecule has 1 saturated heterocycles. The molecule has 206 valence electrons. The van der Waals surface area contributed by atoms with Crippen LogP contribution in [0, 0.1) is 0 Å². The number of hydrogen-bond donors (Lipinski definition) is 6. The Labute approximate surface area is 231 Å². The van der Waals surface area contributed by atoms with Crippen LogP contribution in [-0.4, -0.2) is 75.1 Å². The first-order valence-corrected chi connectivity index (χ1v) is 13.5. The van der Waals surface area contributed by atoms with Crippen molar-refractivity contribution in [3.05, 3.63) is 71.9 Å². The van der Waals surface area contributed by atoms with Crippen LogP contribution in [0.2, 0.25) is 0 Å². The SMILES string of the molecule is NC(Cc1c[nH]c2ccccc12)C(=O)N1CCCC1C(=O)NC(Cc1ccccc1)C(=O)NC(CS)C(=O)O. The Morgan fingerprint density at radius 1 is 1.03 bits per heavy atom. The maximum atomic E-state index is 13.4. The number of nitrogens with two attached hydrogens (primary N) is 1. The van der Waals surface area contributed by atoms with E-state index >= 15 is 0 Å². The summed E-state index contributed by atoms with van der Waals surface area (Å²) in [6.45, 7) is 0.384. The highest BCUT2D eigenvalue weighted by atomic mass is 32.1. The lowest BCUT2D eigenvalue weighted by molar-refractivity contribution is -0.142. The Balaban J connectivity index is 1.46. The average molecular weight is 552 g/mol. The summed E-state index contributed by atoms with van der Waals surface area (Å²) >= 11 is 4.00. The summed E-state index contributed by atoms with van der Waals surface area (Å²) in [7, 11) is 0. The number of aromatic amines is 1. The summed E-state index contributed by atoms with van der Waals surface area (Å²) in [5.74, 6) is -2.77. The fourth-order valence-electron chi connectivity index (χ4n) is 4.93. The van der Waals surface area contributed by atoms with E-state index in [1.807, 2.05) is 60.8 Å². The van der Waals surface area contributed by atoms with Crippen molar-refractivity contribution in [2.45, 2.75) is 49.9 Å². The Morgan fingerprint density at radius 3 is 2.46 bits per heavy atom. The van der Waals surface area contributed by atoms with Crippen molar-refractivity contribution in [1.82, 2.24) is 20.5 Å². The van der Waals surface area contributed by atoms with Crippen molar-refractivity contribution < 1.29 is 24.3 Å². The highest BCUT2D eigenvalue weighted by Gasteiger charge is 2.38. The second kappa shape index (κ2) is 12.8. The Kier molecular flexibility index (Phi) is 9.26. The normalized spacial score (nSPS) is 17.4. The smallest absolute Gasteiger partial charge is 0.327 e. The van der Waals surface area contributed by atoms with Crippen molar-refractivity contribution in [3.63, 3.8) is 0 Å². The average Bonchev–Trinajstić information content (AvgIpc) is 3.59. The highest BCUT2D eigenvalue weighted by Crippen LogP contribution is 2.22. The number of likely N-dealkylation sites (tertiary alicyclic amines) is 1. The molecular weight excluding hydrogens is 518 g/mol. The number of aliphatic carboxylic acids is 1. The zero-order chi connectivity index (χ0) is 27.9. The highest BCUT2D eigenvalue weighted by molar-refractivity contribution is 7.80. The number of para-hydroxylation sites is 1. The molecule has 2 aromatic carbocycles. The van der Waals surface area contributed by atoms with Crippen molar-refractivity contribution in [1.29, 1.82) is 0 Å². The fraction of sp³-hybridized carbons (Fsp3) is 0.357. The fourth-order valence-corrected chi connectivity index (χ4v) is 5.17. The van der Waals surface area contributed by atoms with Crippen LogP contribution in [0.25, 0.3) is 10.9 Å². The van der Waals surface area contributed by atoms with Gasteiger partial charge in [-0.25, -0.2) is 4.79 Å². The standard InChI is InChI=1S/C28H33N5O5S/c29-20(14-18-15-30-21-10-5-4-9-19(18)21)27(36)33-12-6-11-24(33)26(35)31-22(13-17-7-2-1-3-8-17)25(34)32-23(16-39)28(37)38/h1-5,7-10,15,20,22-24,30,39H,6,11-14,16,29H2,(H,31,35)(H,32,34)(H,37,38). The summed E-state index contributed by atoms with van der Waals surface area (Å²) in [6.07, 6.45) is 3.37. The summed E-state index contributed by atoms with van der Waals surface area (Å²) in [4.78, 5) is 55.9. The number of carbonyl (C=O) groups excluding carboxylic acids is 3. The first-order chi connectivity index (χ1) is 18.8. The van der Waals surface area contributed by atoms with Gasteiger partial charge >= 0.3 is 5.97 Å². The van der Waals surface area contributed by atoms with Gasteiger partial charge in [-0.1, -0.05) is 48.5 Å². The minimum absolute atomic E-state index is 0.105. The number of carboxylic acid groups (broad SMARTS) is 1. The van der Waals surface area contributed by atoms with E-state index in [0.29, 0.717) is 25.8 Å². The number of fused-ring (bicyclic) bond motifs is 1. The Morgan fingerprint density at radius 2 is 1.74 bits per heavy atom. The summed E-state index contributed by atoms with van der Waals surface area (Å²) in [5.41, 5.74) is 8.99. The van der Waals surface area contributed by atoms with Gasteiger partial charge in [0.1, 0.15) is 18.1 Å². The number of nitrogens with one attached hydrogen (secondary N) is 3. The Bertz CT molecular complexity index is 1330. The van der Waals surface area contributed by atoms with Crippen molar-refractivity contribution >= 4 is 47.2 Å². The van der Waals surface area contributed by atoms with Gasteiger partial charge in [-0.05, 0) is 36.5 Å². The molecule has 10 nitrogen and oxygen atoms in total. The maximum Gasteiger partial charge on any atom is 0.327 e. The molecule has 0 saturated carbocycles. The molecule has 4 rings (SSSR count). The number of amides is 3. The third-order valence-corrected chi connectivity index (χ3v) is 7.35. The first-order valence-electron chi connectivity index (χ1n) is 12.9. The third kappa shape index (κ3) is 6.79. The first kappa shape index (κ1) is 28.2. The number of carboxylic acids is 1. The molecule has 4 atom stereocenters. The molecule has 0 aliphatic carbocycles. The van der Waals surface area contributed by atoms with Crippen LogP contribution in [0.1, 0.15) is 24.0 Å². The van der Waals surface area contributed by atoms with Crippen LogP contribution in [0.3, 0.4) is 0 Å². The van der Waals surface area contributed by atoms with E-state index in [1.165, 1.54) is 4.90 Å². The largest absolute Gasteiger partial charge is 0.480 e. The number of nitrogens with zero attached hydrogens (tertiary/aromatic N) is 1. The molecule has 3 amide bonds. The van der Waals surface area contributed by atoms with E-state index in [0.717, 1.165) is 22.0 Å². The molecule has 1 fully saturated rings. The van der Waals surface area contributed by atoms with E-state index in [-0.39, 0.29) is 18.1 Å². The molecule has 0 radical (unpaired) electrons. The molecular formula is C28H33N5O5S. The molecule has 6 N–H and O–H groups in total. The van der Waals surface area contributed by atoms with Gasteiger partial charge in [-0.3, -0.25) is 14.4 Å². The molecule has 0 spiro atoms. The number of rotatable bonds is 11. The zero-order valence-corrected chi connectivity index (χ0v) is 22.3. The monoisotopic (exact) mass is 551 g/mol. The van der Waals surface area contributed by atoms with Crippen LogP contribution in [0.15, 0.2) is 60.8 Å². The number of H-pyrrole nitrogens is 1. The minimum Gasteiger partial charge on any atom is -0.480 e. The van der Waals surface area contributed by atoms with E-state index < -0.39 is 42.0 Å². The molecule has 3 aromatic rings. The second-order valence-corrected chi connectivity index (χ2v) is 10.1. The van der Waals surface area contributed by atoms with Crippen molar-refractivity contribution in [2.75, 3.05) is 12.3 Å². The lowest BCUT2D eigenvalue weighted by Crippen LogP contribution is -2.57. The van der Waals surface area contributed by atoms with E-state index in [4.69, 9.17) is 5.73 Å². The zero-order valence-electron chi connectivity index (χ0n) is 21.4. The lowest BCUT2D eigenvalue weighted by atomic mass is 10.0. The van der Waals surface area contributed by atoms with E-state index in [1.54, 1.807) is 0 Å². The van der Waals surface area contributed by atoms with Gasteiger partial charge < -0.3 is 31.4 Å². The van der Waals surface area contributed by atoms with Gasteiger partial charge in [0.15, 0.2) is 0 Å². The maximum absolute atomic E-state index is 13.4. The van der Waals surface area contributed by atoms with Gasteiger partial charge in [0, 0.05) is 35.8 Å². The lowest BCUT2D eigenvalue weighted by Gasteiger charge is -2.28. The van der Waals surface area contributed by atoms with Crippen LogP contribution in [0.5, 0.6) is 0 Å². The summed E-state index contributed by atoms with van der Waals surface area (Å²) in [6, 6.07) is 13.0. The summed E-state index contributed by atoms with van der Waals surface area (Å²) < 4.78 is 0. The predicted molar refractivity (Wildman–Crippen MR) is 150 cm³/mol. The molecule has 4 unspecified atom stereocenters. The van der Waals surface area contributed by atoms with E-state index in [2.05, 4.69) is 28.2 Å². The predicted octanol–water partition coefficient (Wildman–Crippen LogP) is 1.26. The van der Waals surface area contributed by atoms with Crippen LogP contribution in [-0.2, 0) is 32.0 Å². The number of carbonyl (C=O) groups is 4. The topological polar surface area (TPSA) is 158 Å². The molecule has 0 bridgehead atoms. The molecule has 1 aromatic heterocycles.